The summed E-state index contributed by atoms with van der Waals surface area (Å²) in [6, 6.07) is 10.1. The molecule has 2 aromatic rings. The number of hydrogen-bond donors (Lipinski definition) is 0. The molecule has 0 spiro atoms. The standard InChI is InChI=1S/C16H18N2O3/c1-12-11-21-17-15(12)16(19)18-8-7-14(20-10-9-18)13-5-3-2-4-6-13/h2-6,11,14H,7-10H2,1H3. The van der Waals surface area contributed by atoms with E-state index >= 15 is 0 Å². The smallest absolute Gasteiger partial charge is 0.276 e. The monoisotopic (exact) mass is 286 g/mol. The van der Waals surface area contributed by atoms with E-state index in [-0.39, 0.29) is 12.0 Å². The number of aryl methyl sites for hydroxylation is 1. The predicted octanol–water partition coefficient (Wildman–Crippen LogP) is 2.59. The maximum atomic E-state index is 12.4. The van der Waals surface area contributed by atoms with Gasteiger partial charge in [-0.05, 0) is 18.9 Å². The number of carbonyl (C=O) groups excluding carboxylic acids is 1. The molecule has 110 valence electrons. The third kappa shape index (κ3) is 2.97. The van der Waals surface area contributed by atoms with Crippen LogP contribution in [0.5, 0.6) is 0 Å². The van der Waals surface area contributed by atoms with E-state index in [1.165, 1.54) is 6.26 Å². The van der Waals surface area contributed by atoms with Crippen molar-refractivity contribution in [3.63, 3.8) is 0 Å². The topological polar surface area (TPSA) is 55.6 Å². The Kier molecular flexibility index (Phi) is 4.01. The van der Waals surface area contributed by atoms with Gasteiger partial charge in [0.05, 0.1) is 12.7 Å². The van der Waals surface area contributed by atoms with Gasteiger partial charge in [0, 0.05) is 18.7 Å². The lowest BCUT2D eigenvalue weighted by molar-refractivity contribution is 0.0582. The van der Waals surface area contributed by atoms with E-state index in [4.69, 9.17) is 9.26 Å². The van der Waals surface area contributed by atoms with Crippen molar-refractivity contribution in [2.45, 2.75) is 19.4 Å². The minimum Gasteiger partial charge on any atom is -0.372 e. The fourth-order valence-corrected chi connectivity index (χ4v) is 2.55. The second-order valence-electron chi connectivity index (χ2n) is 5.20. The van der Waals surface area contributed by atoms with Gasteiger partial charge >= 0.3 is 0 Å². The third-order valence-corrected chi connectivity index (χ3v) is 3.75. The van der Waals surface area contributed by atoms with Crippen LogP contribution in [0.4, 0.5) is 0 Å². The van der Waals surface area contributed by atoms with Crippen LogP contribution in [0, 0.1) is 6.92 Å². The quantitative estimate of drug-likeness (QED) is 0.851. The molecule has 1 unspecified atom stereocenters. The lowest BCUT2D eigenvalue weighted by atomic mass is 10.1. The minimum absolute atomic E-state index is 0.0439. The van der Waals surface area contributed by atoms with Crippen molar-refractivity contribution < 1.29 is 14.1 Å². The molecule has 2 heterocycles. The van der Waals surface area contributed by atoms with Crippen molar-refractivity contribution in [2.75, 3.05) is 19.7 Å². The SMILES string of the molecule is Cc1conc1C(=O)N1CCOC(c2ccccc2)CC1. The first kappa shape index (κ1) is 13.8. The minimum atomic E-state index is -0.0847. The van der Waals surface area contributed by atoms with E-state index in [0.717, 1.165) is 17.5 Å². The summed E-state index contributed by atoms with van der Waals surface area (Å²) in [5.41, 5.74) is 2.32. The fraction of sp³-hybridized carbons (Fsp3) is 0.375. The first-order valence-corrected chi connectivity index (χ1v) is 7.12. The average molecular weight is 286 g/mol. The predicted molar refractivity (Wildman–Crippen MR) is 76.9 cm³/mol. The lowest BCUT2D eigenvalue weighted by Crippen LogP contribution is -2.33. The molecule has 3 rings (SSSR count). The van der Waals surface area contributed by atoms with Crippen molar-refractivity contribution in [1.29, 1.82) is 0 Å². The zero-order valence-electron chi connectivity index (χ0n) is 12.0. The Bertz CT molecular complexity index is 609. The summed E-state index contributed by atoms with van der Waals surface area (Å²) in [5.74, 6) is -0.0847. The Hall–Kier alpha value is -2.14. The molecular formula is C16H18N2O3. The fourth-order valence-electron chi connectivity index (χ4n) is 2.55. The number of nitrogens with zero attached hydrogens (tertiary/aromatic N) is 2. The molecule has 0 saturated carbocycles. The highest BCUT2D eigenvalue weighted by Gasteiger charge is 2.25. The highest BCUT2D eigenvalue weighted by molar-refractivity contribution is 5.93. The van der Waals surface area contributed by atoms with Gasteiger partial charge in [0.1, 0.15) is 6.26 Å². The summed E-state index contributed by atoms with van der Waals surface area (Å²) < 4.78 is 10.7. The van der Waals surface area contributed by atoms with Gasteiger partial charge in [-0.1, -0.05) is 35.5 Å². The largest absolute Gasteiger partial charge is 0.372 e. The van der Waals surface area contributed by atoms with Gasteiger partial charge in [-0.2, -0.15) is 0 Å². The van der Waals surface area contributed by atoms with Gasteiger partial charge in [0.15, 0.2) is 5.69 Å². The van der Waals surface area contributed by atoms with Gasteiger partial charge in [-0.15, -0.1) is 0 Å². The van der Waals surface area contributed by atoms with Crippen molar-refractivity contribution in [1.82, 2.24) is 10.1 Å². The number of amides is 1. The summed E-state index contributed by atoms with van der Waals surface area (Å²) in [6.07, 6.45) is 2.32. The van der Waals surface area contributed by atoms with Crippen molar-refractivity contribution in [3.05, 3.63) is 53.4 Å². The molecule has 21 heavy (non-hydrogen) atoms. The van der Waals surface area contributed by atoms with Crippen LogP contribution >= 0.6 is 0 Å². The van der Waals surface area contributed by atoms with E-state index in [0.29, 0.717) is 25.4 Å². The molecule has 1 saturated heterocycles. The van der Waals surface area contributed by atoms with E-state index in [2.05, 4.69) is 17.3 Å². The van der Waals surface area contributed by atoms with Gasteiger partial charge < -0.3 is 14.2 Å². The molecule has 0 bridgehead atoms. The molecule has 1 aromatic heterocycles. The normalized spacial score (nSPS) is 19.3. The van der Waals surface area contributed by atoms with E-state index < -0.39 is 0 Å². The Morgan fingerprint density at radius 1 is 1.29 bits per heavy atom. The number of aromatic nitrogens is 1. The molecular weight excluding hydrogens is 268 g/mol. The summed E-state index contributed by atoms with van der Waals surface area (Å²) in [4.78, 5) is 14.2. The van der Waals surface area contributed by atoms with Gasteiger partial charge in [-0.25, -0.2) is 0 Å². The number of hydrogen-bond acceptors (Lipinski definition) is 4. The van der Waals surface area contributed by atoms with Gasteiger partial charge in [0.2, 0.25) is 0 Å². The molecule has 1 aliphatic heterocycles. The Morgan fingerprint density at radius 2 is 2.10 bits per heavy atom. The zero-order valence-corrected chi connectivity index (χ0v) is 12.0. The van der Waals surface area contributed by atoms with Gasteiger partial charge in [-0.3, -0.25) is 4.79 Å². The Balaban J connectivity index is 1.69. The zero-order chi connectivity index (χ0) is 14.7. The first-order chi connectivity index (χ1) is 10.3. The number of rotatable bonds is 2. The van der Waals surface area contributed by atoms with E-state index in [9.17, 15) is 4.79 Å². The average Bonchev–Trinajstić information content (AvgIpc) is 2.80. The first-order valence-electron chi connectivity index (χ1n) is 7.12. The number of benzene rings is 1. The van der Waals surface area contributed by atoms with Crippen LogP contribution in [0.2, 0.25) is 0 Å². The summed E-state index contributed by atoms with van der Waals surface area (Å²) in [7, 11) is 0. The maximum Gasteiger partial charge on any atom is 0.276 e. The molecule has 5 heteroatoms. The van der Waals surface area contributed by atoms with Crippen LogP contribution in [0.3, 0.4) is 0 Å². The second-order valence-corrected chi connectivity index (χ2v) is 5.20. The van der Waals surface area contributed by atoms with Crippen molar-refractivity contribution >= 4 is 5.91 Å². The van der Waals surface area contributed by atoms with Gasteiger partial charge in [0.25, 0.3) is 5.91 Å². The molecule has 5 nitrogen and oxygen atoms in total. The highest BCUT2D eigenvalue weighted by Crippen LogP contribution is 2.24. The molecule has 1 fully saturated rings. The van der Waals surface area contributed by atoms with E-state index in [1.807, 2.05) is 25.1 Å². The maximum absolute atomic E-state index is 12.4. The number of carbonyl (C=O) groups is 1. The molecule has 1 amide bonds. The Labute approximate surface area is 123 Å². The second kappa shape index (κ2) is 6.10. The Morgan fingerprint density at radius 3 is 2.81 bits per heavy atom. The van der Waals surface area contributed by atoms with Crippen LogP contribution in [-0.4, -0.2) is 35.7 Å². The van der Waals surface area contributed by atoms with Crippen LogP contribution in [0.25, 0.3) is 0 Å². The summed E-state index contributed by atoms with van der Waals surface area (Å²) in [6.45, 7) is 3.59. The van der Waals surface area contributed by atoms with Crippen LogP contribution in [0.15, 0.2) is 41.1 Å². The highest BCUT2D eigenvalue weighted by atomic mass is 16.5. The molecule has 0 aliphatic carbocycles. The summed E-state index contributed by atoms with van der Waals surface area (Å²) >= 11 is 0. The molecule has 0 radical (unpaired) electrons. The summed E-state index contributed by atoms with van der Waals surface area (Å²) in [5, 5.41) is 3.79. The molecule has 1 atom stereocenters. The van der Waals surface area contributed by atoms with Crippen LogP contribution in [0.1, 0.15) is 34.1 Å². The van der Waals surface area contributed by atoms with Crippen LogP contribution < -0.4 is 0 Å². The number of ether oxygens (including phenoxy) is 1. The molecule has 1 aromatic carbocycles. The van der Waals surface area contributed by atoms with E-state index in [1.54, 1.807) is 4.90 Å². The van der Waals surface area contributed by atoms with Crippen molar-refractivity contribution in [2.24, 2.45) is 0 Å². The third-order valence-electron chi connectivity index (χ3n) is 3.75. The van der Waals surface area contributed by atoms with Crippen LogP contribution in [-0.2, 0) is 4.74 Å². The lowest BCUT2D eigenvalue weighted by Gasteiger charge is -2.18. The molecule has 1 aliphatic rings. The molecule has 0 N–H and O–H groups in total. The van der Waals surface area contributed by atoms with Crippen molar-refractivity contribution in [3.8, 4) is 0 Å².